The van der Waals surface area contributed by atoms with Crippen LogP contribution in [-0.2, 0) is 13.0 Å². The minimum absolute atomic E-state index is 0.135. The van der Waals surface area contributed by atoms with Crippen LogP contribution >= 0.6 is 0 Å². The van der Waals surface area contributed by atoms with Crippen molar-refractivity contribution in [1.82, 2.24) is 14.9 Å². The Bertz CT molecular complexity index is 948. The number of likely N-dealkylation sites (tertiary alicyclic amines) is 1. The molecule has 1 fully saturated rings. The van der Waals surface area contributed by atoms with Gasteiger partial charge >= 0.3 is 0 Å². The van der Waals surface area contributed by atoms with E-state index in [1.807, 2.05) is 30.3 Å². The number of aromatic nitrogens is 2. The third kappa shape index (κ3) is 3.90. The summed E-state index contributed by atoms with van der Waals surface area (Å²) in [7, 11) is 0. The quantitative estimate of drug-likeness (QED) is 0.753. The lowest BCUT2D eigenvalue weighted by atomic mass is 10.0. The second kappa shape index (κ2) is 7.70. The maximum Gasteiger partial charge on any atom is 0.135 e. The van der Waals surface area contributed by atoms with Crippen LogP contribution in [0, 0.1) is 17.2 Å². The molecular formula is C21H20N4O2. The van der Waals surface area contributed by atoms with E-state index in [-0.39, 0.29) is 12.0 Å². The molecule has 0 aliphatic carbocycles. The van der Waals surface area contributed by atoms with Crippen molar-refractivity contribution >= 4 is 0 Å². The number of furan rings is 1. The standard InChI is InChI=1S/C21H20N4O2/c22-10-15-3-1-2-4-19(15)21-6-5-18(27-21)13-25-12-16(20(26)14-25)9-17-11-23-7-8-24-17/h1-8,11,16,20,26H,9,12-14H2/t16-,20-/m1/s1. The smallest absolute Gasteiger partial charge is 0.135 e. The Morgan fingerprint density at radius 1 is 1.19 bits per heavy atom. The van der Waals surface area contributed by atoms with E-state index in [4.69, 9.17) is 4.42 Å². The van der Waals surface area contributed by atoms with Crippen molar-refractivity contribution in [3.05, 3.63) is 72.0 Å². The van der Waals surface area contributed by atoms with Crippen molar-refractivity contribution < 1.29 is 9.52 Å². The molecule has 0 unspecified atom stereocenters. The first-order valence-corrected chi connectivity index (χ1v) is 8.96. The highest BCUT2D eigenvalue weighted by atomic mass is 16.3. The molecule has 3 aromatic rings. The summed E-state index contributed by atoms with van der Waals surface area (Å²) in [6.45, 7) is 2.01. The molecule has 2 aromatic heterocycles. The van der Waals surface area contributed by atoms with Gasteiger partial charge < -0.3 is 9.52 Å². The third-order valence-corrected chi connectivity index (χ3v) is 4.92. The van der Waals surface area contributed by atoms with Crippen LogP contribution < -0.4 is 0 Å². The average Bonchev–Trinajstić information content (AvgIpc) is 3.29. The summed E-state index contributed by atoms with van der Waals surface area (Å²) >= 11 is 0. The molecule has 0 saturated carbocycles. The molecule has 1 aliphatic rings. The summed E-state index contributed by atoms with van der Waals surface area (Å²) in [4.78, 5) is 10.6. The number of aliphatic hydroxyl groups excluding tert-OH is 1. The number of nitrogens with zero attached hydrogens (tertiary/aromatic N) is 4. The molecular weight excluding hydrogens is 340 g/mol. The summed E-state index contributed by atoms with van der Waals surface area (Å²) in [5.41, 5.74) is 2.30. The third-order valence-electron chi connectivity index (χ3n) is 4.92. The SMILES string of the molecule is N#Cc1ccccc1-c1ccc(CN2C[C@@H](Cc3cnccn3)[C@H](O)C2)o1. The van der Waals surface area contributed by atoms with Gasteiger partial charge in [0, 0.05) is 43.2 Å². The van der Waals surface area contributed by atoms with E-state index in [1.165, 1.54) is 0 Å². The van der Waals surface area contributed by atoms with E-state index >= 15 is 0 Å². The highest BCUT2D eigenvalue weighted by molar-refractivity contribution is 5.66. The fraction of sp³-hybridized carbons (Fsp3) is 0.286. The zero-order chi connectivity index (χ0) is 18.6. The van der Waals surface area contributed by atoms with E-state index in [9.17, 15) is 10.4 Å². The summed E-state index contributed by atoms with van der Waals surface area (Å²) in [5.74, 6) is 1.65. The number of rotatable bonds is 5. The molecule has 0 bridgehead atoms. The summed E-state index contributed by atoms with van der Waals surface area (Å²) < 4.78 is 5.97. The zero-order valence-electron chi connectivity index (χ0n) is 14.8. The summed E-state index contributed by atoms with van der Waals surface area (Å²) in [6.07, 6.45) is 5.41. The van der Waals surface area contributed by atoms with Crippen molar-refractivity contribution in [2.75, 3.05) is 13.1 Å². The Morgan fingerprint density at radius 3 is 2.89 bits per heavy atom. The van der Waals surface area contributed by atoms with Crippen molar-refractivity contribution in [3.8, 4) is 17.4 Å². The van der Waals surface area contributed by atoms with E-state index in [0.29, 0.717) is 30.8 Å². The molecule has 27 heavy (non-hydrogen) atoms. The molecule has 1 aliphatic heterocycles. The number of hydrogen-bond acceptors (Lipinski definition) is 6. The van der Waals surface area contributed by atoms with Crippen LogP contribution in [0.1, 0.15) is 17.0 Å². The molecule has 6 nitrogen and oxygen atoms in total. The van der Waals surface area contributed by atoms with Gasteiger partial charge in [0.05, 0.1) is 30.0 Å². The highest BCUT2D eigenvalue weighted by Crippen LogP contribution is 2.27. The topological polar surface area (TPSA) is 86.2 Å². The molecule has 1 saturated heterocycles. The van der Waals surface area contributed by atoms with Crippen LogP contribution in [0.15, 0.2) is 59.4 Å². The maximum atomic E-state index is 10.4. The molecule has 136 valence electrons. The van der Waals surface area contributed by atoms with E-state index in [0.717, 1.165) is 23.6 Å². The van der Waals surface area contributed by atoms with Crippen LogP contribution in [0.25, 0.3) is 11.3 Å². The van der Waals surface area contributed by atoms with Gasteiger partial charge in [-0.25, -0.2) is 0 Å². The van der Waals surface area contributed by atoms with Gasteiger partial charge in [-0.15, -0.1) is 0 Å². The van der Waals surface area contributed by atoms with Gasteiger partial charge in [0.25, 0.3) is 0 Å². The minimum Gasteiger partial charge on any atom is -0.460 e. The number of hydrogen-bond donors (Lipinski definition) is 1. The lowest BCUT2D eigenvalue weighted by Crippen LogP contribution is -2.21. The van der Waals surface area contributed by atoms with Gasteiger partial charge in [0.2, 0.25) is 0 Å². The van der Waals surface area contributed by atoms with Crippen molar-refractivity contribution in [3.63, 3.8) is 0 Å². The number of nitriles is 1. The lowest BCUT2D eigenvalue weighted by molar-refractivity contribution is 0.140. The number of β-amino-alcohol motifs (C(OH)–C–C–N with tert-alkyl or cyclic N) is 1. The second-order valence-electron chi connectivity index (χ2n) is 6.85. The second-order valence-corrected chi connectivity index (χ2v) is 6.85. The van der Waals surface area contributed by atoms with Crippen LogP contribution in [-0.4, -0.2) is 39.2 Å². The van der Waals surface area contributed by atoms with Crippen molar-refractivity contribution in [2.45, 2.75) is 19.1 Å². The molecule has 1 aromatic carbocycles. The maximum absolute atomic E-state index is 10.4. The summed E-state index contributed by atoms with van der Waals surface area (Å²) in [6, 6.07) is 13.4. The molecule has 0 spiro atoms. The fourth-order valence-electron chi connectivity index (χ4n) is 3.60. The molecule has 2 atom stereocenters. The minimum atomic E-state index is -0.388. The molecule has 4 rings (SSSR count). The zero-order valence-corrected chi connectivity index (χ0v) is 14.8. The van der Waals surface area contributed by atoms with Gasteiger partial charge in [-0.05, 0) is 30.7 Å². The van der Waals surface area contributed by atoms with Crippen molar-refractivity contribution in [2.24, 2.45) is 5.92 Å². The monoisotopic (exact) mass is 360 g/mol. The molecule has 6 heteroatoms. The first-order chi connectivity index (χ1) is 13.2. The van der Waals surface area contributed by atoms with Gasteiger partial charge in [-0.3, -0.25) is 14.9 Å². The predicted octanol–water partition coefficient (Wildman–Crippen LogP) is 2.64. The van der Waals surface area contributed by atoms with Crippen LogP contribution in [0.2, 0.25) is 0 Å². The summed E-state index contributed by atoms with van der Waals surface area (Å²) in [5, 5.41) is 19.7. The Morgan fingerprint density at radius 2 is 2.07 bits per heavy atom. The Balaban J connectivity index is 1.42. The largest absolute Gasteiger partial charge is 0.460 e. The van der Waals surface area contributed by atoms with Gasteiger partial charge in [0.15, 0.2) is 0 Å². The lowest BCUT2D eigenvalue weighted by Gasteiger charge is -2.14. The van der Waals surface area contributed by atoms with Crippen LogP contribution in [0.5, 0.6) is 0 Å². The van der Waals surface area contributed by atoms with Crippen molar-refractivity contribution in [1.29, 1.82) is 5.26 Å². The fourth-order valence-corrected chi connectivity index (χ4v) is 3.60. The first kappa shape index (κ1) is 17.4. The Hall–Kier alpha value is -3.01. The first-order valence-electron chi connectivity index (χ1n) is 8.96. The molecule has 3 heterocycles. The number of aliphatic hydroxyl groups is 1. The average molecular weight is 360 g/mol. The van der Waals surface area contributed by atoms with Gasteiger partial charge in [0.1, 0.15) is 11.5 Å². The number of benzene rings is 1. The van der Waals surface area contributed by atoms with Gasteiger partial charge in [-0.1, -0.05) is 12.1 Å². The normalized spacial score (nSPS) is 19.9. The Kier molecular flexibility index (Phi) is 4.97. The molecule has 0 amide bonds. The van der Waals surface area contributed by atoms with E-state index in [2.05, 4.69) is 20.9 Å². The Labute approximate surface area is 157 Å². The van der Waals surface area contributed by atoms with E-state index in [1.54, 1.807) is 24.7 Å². The predicted molar refractivity (Wildman–Crippen MR) is 99.4 cm³/mol. The highest BCUT2D eigenvalue weighted by Gasteiger charge is 2.32. The van der Waals surface area contributed by atoms with Crippen LogP contribution in [0.4, 0.5) is 0 Å². The molecule has 1 N–H and O–H groups in total. The van der Waals surface area contributed by atoms with Gasteiger partial charge in [-0.2, -0.15) is 5.26 Å². The molecule has 0 radical (unpaired) electrons. The van der Waals surface area contributed by atoms with Crippen LogP contribution in [0.3, 0.4) is 0 Å². The van der Waals surface area contributed by atoms with E-state index < -0.39 is 0 Å².